The number of amides is 1. The van der Waals surface area contributed by atoms with Crippen molar-refractivity contribution < 1.29 is 26.4 Å². The number of carbonyl (C=O) groups excluding carboxylic acids is 1. The fourth-order valence-electron chi connectivity index (χ4n) is 3.31. The van der Waals surface area contributed by atoms with Gasteiger partial charge in [-0.3, -0.25) is 9.36 Å². The number of para-hydroxylation sites is 2. The maximum atomic E-state index is 13.2. The van der Waals surface area contributed by atoms with E-state index in [4.69, 9.17) is 0 Å². The van der Waals surface area contributed by atoms with E-state index < -0.39 is 38.9 Å². The molecule has 0 aliphatic heterocycles. The molecule has 0 spiro atoms. The van der Waals surface area contributed by atoms with Crippen LogP contribution in [0.1, 0.15) is 19.4 Å². The number of rotatable bonds is 6. The van der Waals surface area contributed by atoms with Crippen LogP contribution in [0.5, 0.6) is 0 Å². The maximum absolute atomic E-state index is 13.2. The first kappa shape index (κ1) is 22.6. The van der Waals surface area contributed by atoms with Gasteiger partial charge in [-0.2, -0.15) is 17.1 Å². The number of nitrogens with zero attached hydrogens (tertiary/aromatic N) is 3. The van der Waals surface area contributed by atoms with E-state index in [0.29, 0.717) is 23.1 Å². The van der Waals surface area contributed by atoms with Crippen molar-refractivity contribution in [2.24, 2.45) is 0 Å². The lowest BCUT2D eigenvalue weighted by Gasteiger charge is -2.18. The van der Waals surface area contributed by atoms with Crippen molar-refractivity contribution in [2.75, 3.05) is 13.1 Å². The van der Waals surface area contributed by atoms with Gasteiger partial charge in [0.2, 0.25) is 5.91 Å². The second kappa shape index (κ2) is 8.22. The van der Waals surface area contributed by atoms with E-state index in [1.54, 1.807) is 19.9 Å². The van der Waals surface area contributed by atoms with Gasteiger partial charge in [0.1, 0.15) is 6.54 Å². The van der Waals surface area contributed by atoms with Gasteiger partial charge in [0.15, 0.2) is 0 Å². The first-order valence-electron chi connectivity index (χ1n) is 9.43. The number of hydrogen-bond acceptors (Lipinski definition) is 4. The lowest BCUT2D eigenvalue weighted by atomic mass is 10.2. The smallest absolute Gasteiger partial charge is 0.342 e. The van der Waals surface area contributed by atoms with E-state index in [0.717, 1.165) is 22.8 Å². The van der Waals surface area contributed by atoms with Crippen LogP contribution in [0, 0.1) is 0 Å². The standard InChI is InChI=1S/C20H20F3N3O4S/c1-3-24(4-2)18(27)13-25-16-10-5-6-11-17(16)26(19(25)28)31(29,30)15-9-7-8-14(12-15)20(21,22)23/h5-12H,3-4,13H2,1-2H3. The Balaban J connectivity index is 2.21. The molecule has 1 heterocycles. The van der Waals surface area contributed by atoms with Gasteiger partial charge in [-0.25, -0.2) is 13.2 Å². The Labute approximate surface area is 176 Å². The molecular formula is C20H20F3N3O4S. The summed E-state index contributed by atoms with van der Waals surface area (Å²) in [7, 11) is -4.67. The number of benzene rings is 2. The molecule has 0 saturated carbocycles. The van der Waals surface area contributed by atoms with Crippen LogP contribution in [0.4, 0.5) is 13.2 Å². The number of carbonyl (C=O) groups is 1. The largest absolute Gasteiger partial charge is 0.416 e. The first-order chi connectivity index (χ1) is 14.5. The summed E-state index contributed by atoms with van der Waals surface area (Å²) in [5.41, 5.74) is -2.03. The van der Waals surface area contributed by atoms with Crippen molar-refractivity contribution >= 4 is 27.0 Å². The number of aromatic nitrogens is 2. The Morgan fingerprint density at radius 3 is 2.19 bits per heavy atom. The molecule has 0 saturated heterocycles. The average molecular weight is 455 g/mol. The van der Waals surface area contributed by atoms with E-state index >= 15 is 0 Å². The molecule has 2 aromatic carbocycles. The predicted molar refractivity (Wildman–Crippen MR) is 108 cm³/mol. The van der Waals surface area contributed by atoms with Crippen molar-refractivity contribution in [2.45, 2.75) is 31.5 Å². The highest BCUT2D eigenvalue weighted by molar-refractivity contribution is 7.90. The fourth-order valence-corrected chi connectivity index (χ4v) is 4.77. The van der Waals surface area contributed by atoms with Crippen molar-refractivity contribution in [3.63, 3.8) is 0 Å². The van der Waals surface area contributed by atoms with Gasteiger partial charge in [-0.15, -0.1) is 0 Å². The quantitative estimate of drug-likeness (QED) is 0.573. The molecule has 7 nitrogen and oxygen atoms in total. The lowest BCUT2D eigenvalue weighted by Crippen LogP contribution is -2.37. The molecule has 0 unspecified atom stereocenters. The van der Waals surface area contributed by atoms with Crippen LogP contribution in [0.25, 0.3) is 11.0 Å². The van der Waals surface area contributed by atoms with Crippen molar-refractivity contribution in [1.29, 1.82) is 0 Å². The van der Waals surface area contributed by atoms with Crippen LogP contribution in [0.3, 0.4) is 0 Å². The van der Waals surface area contributed by atoms with E-state index in [1.165, 1.54) is 23.1 Å². The molecule has 1 aromatic heterocycles. The summed E-state index contributed by atoms with van der Waals surface area (Å²) in [4.78, 5) is 26.4. The molecule has 11 heteroatoms. The van der Waals surface area contributed by atoms with Gasteiger partial charge in [-0.05, 0) is 44.2 Å². The van der Waals surface area contributed by atoms with Crippen LogP contribution in [0.15, 0.2) is 58.2 Å². The highest BCUT2D eigenvalue weighted by Gasteiger charge is 2.33. The summed E-state index contributed by atoms with van der Waals surface area (Å²) < 4.78 is 67.0. The Kier molecular flexibility index (Phi) is 5.99. The fraction of sp³-hybridized carbons (Fsp3) is 0.300. The molecule has 3 aromatic rings. The Morgan fingerprint density at radius 1 is 1.00 bits per heavy atom. The monoisotopic (exact) mass is 455 g/mol. The van der Waals surface area contributed by atoms with Gasteiger partial charge >= 0.3 is 11.9 Å². The Morgan fingerprint density at radius 2 is 1.61 bits per heavy atom. The van der Waals surface area contributed by atoms with E-state index in [9.17, 15) is 31.2 Å². The number of alkyl halides is 3. The highest BCUT2D eigenvalue weighted by atomic mass is 32.2. The third-order valence-electron chi connectivity index (χ3n) is 4.91. The summed E-state index contributed by atoms with van der Waals surface area (Å²) in [6.07, 6.45) is -4.75. The molecule has 166 valence electrons. The second-order valence-electron chi connectivity index (χ2n) is 6.72. The van der Waals surface area contributed by atoms with Crippen LogP contribution >= 0.6 is 0 Å². The van der Waals surface area contributed by atoms with Gasteiger partial charge in [-0.1, -0.05) is 18.2 Å². The minimum atomic E-state index is -4.75. The molecule has 0 bridgehead atoms. The van der Waals surface area contributed by atoms with Crippen molar-refractivity contribution in [1.82, 2.24) is 13.4 Å². The number of likely N-dealkylation sites (N-methyl/N-ethyl adjacent to an activating group) is 1. The van der Waals surface area contributed by atoms with Crippen molar-refractivity contribution in [3.8, 4) is 0 Å². The van der Waals surface area contributed by atoms with Gasteiger partial charge in [0, 0.05) is 13.1 Å². The Bertz CT molecular complexity index is 1290. The van der Waals surface area contributed by atoms with Gasteiger partial charge in [0.05, 0.1) is 21.5 Å². The van der Waals surface area contributed by atoms with Crippen LogP contribution in [-0.2, 0) is 27.5 Å². The molecule has 0 aliphatic rings. The highest BCUT2D eigenvalue weighted by Crippen LogP contribution is 2.31. The zero-order valence-electron chi connectivity index (χ0n) is 16.8. The molecule has 31 heavy (non-hydrogen) atoms. The maximum Gasteiger partial charge on any atom is 0.416 e. The second-order valence-corrected chi connectivity index (χ2v) is 8.51. The number of imidazole rings is 1. The van der Waals surface area contributed by atoms with Crippen LogP contribution in [-0.4, -0.2) is 40.9 Å². The summed E-state index contributed by atoms with van der Waals surface area (Å²) in [6, 6.07) is 9.08. The molecule has 0 radical (unpaired) electrons. The summed E-state index contributed by atoms with van der Waals surface area (Å²) in [6.45, 7) is 3.96. The topological polar surface area (TPSA) is 81.4 Å². The van der Waals surface area contributed by atoms with E-state index in [-0.39, 0.29) is 16.9 Å². The predicted octanol–water partition coefficient (Wildman–Crippen LogP) is 2.93. The third-order valence-corrected chi connectivity index (χ3v) is 6.59. The first-order valence-corrected chi connectivity index (χ1v) is 10.9. The lowest BCUT2D eigenvalue weighted by molar-refractivity contribution is -0.137. The molecule has 0 atom stereocenters. The number of fused-ring (bicyclic) bond motifs is 1. The third kappa shape index (κ3) is 4.09. The summed E-state index contributed by atoms with van der Waals surface area (Å²) in [5, 5.41) is 0. The van der Waals surface area contributed by atoms with Gasteiger partial charge < -0.3 is 4.90 Å². The van der Waals surface area contributed by atoms with Crippen LogP contribution in [0.2, 0.25) is 0 Å². The van der Waals surface area contributed by atoms with E-state index in [1.807, 2.05) is 0 Å². The number of hydrogen-bond donors (Lipinski definition) is 0. The molecule has 3 rings (SSSR count). The zero-order valence-corrected chi connectivity index (χ0v) is 17.6. The van der Waals surface area contributed by atoms with Crippen LogP contribution < -0.4 is 5.69 Å². The molecule has 1 amide bonds. The van der Waals surface area contributed by atoms with Gasteiger partial charge in [0.25, 0.3) is 10.0 Å². The van der Waals surface area contributed by atoms with Crippen molar-refractivity contribution in [3.05, 3.63) is 64.6 Å². The minimum Gasteiger partial charge on any atom is -0.342 e. The molecular weight excluding hydrogens is 435 g/mol. The normalized spacial score (nSPS) is 12.3. The molecule has 0 N–H and O–H groups in total. The average Bonchev–Trinajstić information content (AvgIpc) is 3.00. The zero-order chi connectivity index (χ0) is 23.0. The SMILES string of the molecule is CCN(CC)C(=O)Cn1c(=O)n(S(=O)(=O)c2cccc(C(F)(F)F)c2)c2ccccc21. The number of halogens is 3. The minimum absolute atomic E-state index is 0.0303. The molecule has 0 aliphatic carbocycles. The Hall–Kier alpha value is -3.08. The summed E-state index contributed by atoms with van der Waals surface area (Å²) >= 11 is 0. The molecule has 0 fully saturated rings. The summed E-state index contributed by atoms with van der Waals surface area (Å²) in [5.74, 6) is -0.383. The van der Waals surface area contributed by atoms with E-state index in [2.05, 4.69) is 0 Å².